The van der Waals surface area contributed by atoms with Gasteiger partial charge in [0.25, 0.3) is 0 Å². The van der Waals surface area contributed by atoms with Gasteiger partial charge in [0.05, 0.1) is 24.4 Å². The van der Waals surface area contributed by atoms with Crippen LogP contribution < -0.4 is 15.4 Å². The topological polar surface area (TPSA) is 47.7 Å². The van der Waals surface area contributed by atoms with E-state index in [2.05, 4.69) is 18.0 Å². The fraction of sp³-hybridized carbons (Fsp3) is 0.600. The van der Waals surface area contributed by atoms with Crippen molar-refractivity contribution in [2.24, 2.45) is 5.73 Å². The molecule has 2 N–H and O–H groups in total. The number of nitrogens with zero attached hydrogens (tertiary/aromatic N) is 1. The van der Waals surface area contributed by atoms with Crippen LogP contribution in [0.4, 0.5) is 5.69 Å². The molecule has 0 aromatic heterocycles. The second kappa shape index (κ2) is 5.80. The van der Waals surface area contributed by atoms with Gasteiger partial charge >= 0.3 is 0 Å². The molecule has 4 nitrogen and oxygen atoms in total. The normalized spacial score (nSPS) is 25.8. The molecule has 0 aliphatic heterocycles. The molecule has 2 rings (SSSR count). The highest BCUT2D eigenvalue weighted by atomic mass is 16.5. The first kappa shape index (κ1) is 14.2. The Morgan fingerprint density at radius 3 is 2.63 bits per heavy atom. The average molecular weight is 264 g/mol. The zero-order valence-corrected chi connectivity index (χ0v) is 12.1. The Labute approximate surface area is 115 Å². The van der Waals surface area contributed by atoms with Gasteiger partial charge in [-0.25, -0.2) is 0 Å². The van der Waals surface area contributed by atoms with Crippen molar-refractivity contribution in [1.82, 2.24) is 0 Å². The lowest BCUT2D eigenvalue weighted by atomic mass is 9.72. The number of hydrogen-bond acceptors (Lipinski definition) is 4. The van der Waals surface area contributed by atoms with Crippen LogP contribution >= 0.6 is 0 Å². The minimum Gasteiger partial charge on any atom is -0.495 e. The molecule has 1 aromatic rings. The van der Waals surface area contributed by atoms with E-state index >= 15 is 0 Å². The number of rotatable bonds is 6. The van der Waals surface area contributed by atoms with Crippen molar-refractivity contribution < 1.29 is 9.47 Å². The molecule has 1 saturated carbocycles. The number of methoxy groups -OCH3 is 1. The van der Waals surface area contributed by atoms with Gasteiger partial charge in [-0.2, -0.15) is 0 Å². The van der Waals surface area contributed by atoms with E-state index in [1.807, 2.05) is 25.1 Å². The van der Waals surface area contributed by atoms with Crippen LogP contribution in [0.3, 0.4) is 0 Å². The fourth-order valence-electron chi connectivity index (χ4n) is 2.88. The van der Waals surface area contributed by atoms with Crippen LogP contribution in [-0.4, -0.2) is 39.0 Å². The molecule has 106 valence electrons. The van der Waals surface area contributed by atoms with Crippen LogP contribution in [0.15, 0.2) is 24.3 Å². The van der Waals surface area contributed by atoms with Crippen LogP contribution in [0.25, 0.3) is 0 Å². The third kappa shape index (κ3) is 2.55. The number of anilines is 1. The molecular weight excluding hydrogens is 240 g/mol. The summed E-state index contributed by atoms with van der Waals surface area (Å²) in [6, 6.07) is 8.06. The first-order valence-corrected chi connectivity index (χ1v) is 6.85. The van der Waals surface area contributed by atoms with Crippen molar-refractivity contribution in [1.29, 1.82) is 0 Å². The summed E-state index contributed by atoms with van der Waals surface area (Å²) in [5, 5.41) is 0. The van der Waals surface area contributed by atoms with Gasteiger partial charge in [0.15, 0.2) is 0 Å². The maximum atomic E-state index is 6.02. The number of hydrogen-bond donors (Lipinski definition) is 1. The minimum atomic E-state index is -0.00549. The molecule has 0 unspecified atom stereocenters. The zero-order valence-electron chi connectivity index (χ0n) is 12.1. The van der Waals surface area contributed by atoms with Crippen molar-refractivity contribution in [2.75, 3.05) is 32.2 Å². The Bertz CT molecular complexity index is 416. The molecule has 1 aliphatic carbocycles. The van der Waals surface area contributed by atoms with Crippen LogP contribution in [0.5, 0.6) is 5.75 Å². The fourth-order valence-corrected chi connectivity index (χ4v) is 2.88. The van der Waals surface area contributed by atoms with Crippen LogP contribution in [0.1, 0.15) is 19.8 Å². The van der Waals surface area contributed by atoms with Crippen molar-refractivity contribution in [3.8, 4) is 5.75 Å². The lowest BCUT2D eigenvalue weighted by Gasteiger charge is -2.53. The third-order valence-corrected chi connectivity index (χ3v) is 4.16. The van der Waals surface area contributed by atoms with Crippen molar-refractivity contribution in [3.05, 3.63) is 24.3 Å². The first-order valence-electron chi connectivity index (χ1n) is 6.85. The van der Waals surface area contributed by atoms with Crippen LogP contribution in [0.2, 0.25) is 0 Å². The number of likely N-dealkylation sites (N-methyl/N-ethyl adjacent to an activating group) is 1. The summed E-state index contributed by atoms with van der Waals surface area (Å²) in [6.07, 6.45) is 2.29. The highest BCUT2D eigenvalue weighted by molar-refractivity contribution is 5.60. The van der Waals surface area contributed by atoms with Crippen LogP contribution in [0, 0.1) is 0 Å². The van der Waals surface area contributed by atoms with Gasteiger partial charge in [-0.3, -0.25) is 0 Å². The molecule has 1 aromatic carbocycles. The summed E-state index contributed by atoms with van der Waals surface area (Å²) in [5.41, 5.74) is 7.10. The van der Waals surface area contributed by atoms with Gasteiger partial charge in [0.2, 0.25) is 0 Å². The highest BCUT2D eigenvalue weighted by Crippen LogP contribution is 2.43. The highest BCUT2D eigenvalue weighted by Gasteiger charge is 2.47. The number of ether oxygens (including phenoxy) is 2. The van der Waals surface area contributed by atoms with Crippen LogP contribution in [-0.2, 0) is 4.74 Å². The monoisotopic (exact) mass is 264 g/mol. The lowest BCUT2D eigenvalue weighted by Crippen LogP contribution is -2.63. The molecule has 1 aliphatic rings. The Morgan fingerprint density at radius 2 is 2.05 bits per heavy atom. The molecule has 0 bridgehead atoms. The summed E-state index contributed by atoms with van der Waals surface area (Å²) in [6.45, 7) is 3.43. The van der Waals surface area contributed by atoms with Crippen molar-refractivity contribution in [2.45, 2.75) is 31.4 Å². The Kier molecular flexibility index (Phi) is 4.32. The van der Waals surface area contributed by atoms with Gasteiger partial charge < -0.3 is 20.1 Å². The van der Waals surface area contributed by atoms with Gasteiger partial charge in [0.1, 0.15) is 5.75 Å². The molecule has 0 spiro atoms. The summed E-state index contributed by atoms with van der Waals surface area (Å²) >= 11 is 0. The number of nitrogens with two attached hydrogens (primary N) is 1. The summed E-state index contributed by atoms with van der Waals surface area (Å²) in [4.78, 5) is 2.25. The SMILES string of the molecule is CCOC1CC(CN)(N(C)c2ccccc2OC)C1. The molecular formula is C15H24N2O2. The zero-order chi connectivity index (χ0) is 13.9. The summed E-state index contributed by atoms with van der Waals surface area (Å²) in [5.74, 6) is 0.887. The van der Waals surface area contributed by atoms with E-state index in [0.717, 1.165) is 30.9 Å². The molecule has 0 amide bonds. The average Bonchev–Trinajstić information content (AvgIpc) is 2.41. The smallest absolute Gasteiger partial charge is 0.142 e. The van der Waals surface area contributed by atoms with E-state index in [0.29, 0.717) is 12.6 Å². The van der Waals surface area contributed by atoms with E-state index in [9.17, 15) is 0 Å². The van der Waals surface area contributed by atoms with E-state index < -0.39 is 0 Å². The molecule has 1 fully saturated rings. The second-order valence-corrected chi connectivity index (χ2v) is 5.14. The van der Waals surface area contributed by atoms with E-state index in [4.69, 9.17) is 15.2 Å². The Hall–Kier alpha value is -1.26. The Balaban J connectivity index is 2.16. The lowest BCUT2D eigenvalue weighted by molar-refractivity contribution is -0.0355. The van der Waals surface area contributed by atoms with Gasteiger partial charge in [-0.15, -0.1) is 0 Å². The number of para-hydroxylation sites is 2. The largest absolute Gasteiger partial charge is 0.495 e. The minimum absolute atomic E-state index is 0.00549. The summed E-state index contributed by atoms with van der Waals surface area (Å²) < 4.78 is 11.1. The van der Waals surface area contributed by atoms with E-state index in [1.54, 1.807) is 7.11 Å². The van der Waals surface area contributed by atoms with Gasteiger partial charge in [0, 0.05) is 20.2 Å². The Morgan fingerprint density at radius 1 is 1.37 bits per heavy atom. The maximum Gasteiger partial charge on any atom is 0.142 e. The van der Waals surface area contributed by atoms with Crippen molar-refractivity contribution >= 4 is 5.69 Å². The molecule has 4 heteroatoms. The predicted molar refractivity (Wildman–Crippen MR) is 77.8 cm³/mol. The molecule has 0 saturated heterocycles. The molecule has 0 heterocycles. The first-order chi connectivity index (χ1) is 9.16. The molecule has 19 heavy (non-hydrogen) atoms. The van der Waals surface area contributed by atoms with E-state index in [1.165, 1.54) is 0 Å². The predicted octanol–water partition coefficient (Wildman–Crippen LogP) is 2.03. The maximum absolute atomic E-state index is 6.02. The number of benzene rings is 1. The quantitative estimate of drug-likeness (QED) is 0.854. The summed E-state index contributed by atoms with van der Waals surface area (Å²) in [7, 11) is 3.79. The molecule has 0 atom stereocenters. The molecule has 0 radical (unpaired) electrons. The standard InChI is InChI=1S/C15H24N2O2/c1-4-19-12-9-15(10-12,11-16)17(2)13-7-5-6-8-14(13)18-3/h5-8,12H,4,9-11,16H2,1-3H3. The second-order valence-electron chi connectivity index (χ2n) is 5.14. The van der Waals surface area contributed by atoms with E-state index in [-0.39, 0.29) is 5.54 Å². The van der Waals surface area contributed by atoms with Gasteiger partial charge in [-0.1, -0.05) is 12.1 Å². The third-order valence-electron chi connectivity index (χ3n) is 4.16. The van der Waals surface area contributed by atoms with Crippen molar-refractivity contribution in [3.63, 3.8) is 0 Å². The van der Waals surface area contributed by atoms with Gasteiger partial charge in [-0.05, 0) is 31.9 Å².